The van der Waals surface area contributed by atoms with Crippen LogP contribution in [0.25, 0.3) is 0 Å². The summed E-state index contributed by atoms with van der Waals surface area (Å²) in [4.78, 5) is 11.5. The minimum atomic E-state index is -5.23. The molecule has 2 rings (SSSR count). The second kappa shape index (κ2) is 8.74. The van der Waals surface area contributed by atoms with Gasteiger partial charge in [-0.1, -0.05) is 0 Å². The number of halogens is 1. The van der Waals surface area contributed by atoms with E-state index in [1.54, 1.807) is 19.1 Å². The molecule has 0 atom stereocenters. The molecule has 0 bridgehead atoms. The fourth-order valence-electron chi connectivity index (χ4n) is 2.70. The first-order valence-corrected chi connectivity index (χ1v) is 9.95. The number of nitrogens with zero attached hydrogens (tertiary/aromatic N) is 5. The van der Waals surface area contributed by atoms with Crippen LogP contribution in [0.5, 0.6) is 0 Å². The first-order valence-electron chi connectivity index (χ1n) is 8.56. The number of nitriles is 1. The van der Waals surface area contributed by atoms with E-state index in [2.05, 4.69) is 15.1 Å². The van der Waals surface area contributed by atoms with Crippen molar-refractivity contribution in [3.63, 3.8) is 0 Å². The van der Waals surface area contributed by atoms with E-state index < -0.39 is 37.0 Å². The van der Waals surface area contributed by atoms with Gasteiger partial charge in [-0.25, -0.2) is 0 Å². The summed E-state index contributed by atoms with van der Waals surface area (Å²) in [6, 6.07) is 8.20. The summed E-state index contributed by atoms with van der Waals surface area (Å²) in [6.07, 6.45) is 0. The zero-order valence-electron chi connectivity index (χ0n) is 16.0. The molecule has 0 fully saturated rings. The van der Waals surface area contributed by atoms with Gasteiger partial charge in [0.1, 0.15) is 11.0 Å². The monoisotopic (exact) mass is 419 g/mol. The summed E-state index contributed by atoms with van der Waals surface area (Å²) >= 11 is 0. The van der Waals surface area contributed by atoms with Crippen molar-refractivity contribution in [3.8, 4) is 6.07 Å². The van der Waals surface area contributed by atoms with Crippen molar-refractivity contribution in [2.75, 3.05) is 18.0 Å². The average Bonchev–Trinajstić information content (AvgIpc) is 2.66. The van der Waals surface area contributed by atoms with Gasteiger partial charge in [0, 0.05) is 24.8 Å². The van der Waals surface area contributed by atoms with Crippen molar-refractivity contribution < 1.29 is 17.2 Å². The molecule has 2 aromatic carbocycles. The lowest BCUT2D eigenvalue weighted by Crippen LogP contribution is -2.21. The highest BCUT2D eigenvalue weighted by Crippen LogP contribution is 2.36. The molecule has 9 nitrogen and oxygen atoms in total. The van der Waals surface area contributed by atoms with E-state index in [1.165, 1.54) is 0 Å². The maximum absolute atomic E-state index is 13.3. The van der Waals surface area contributed by atoms with Gasteiger partial charge in [-0.05, 0) is 50.6 Å². The van der Waals surface area contributed by atoms with Gasteiger partial charge < -0.3 is 4.90 Å². The van der Waals surface area contributed by atoms with E-state index in [0.29, 0.717) is 17.8 Å². The molecule has 11 heteroatoms. The van der Waals surface area contributed by atoms with E-state index in [0.717, 1.165) is 24.3 Å². The van der Waals surface area contributed by atoms with Gasteiger partial charge in [0.2, 0.25) is 0 Å². The van der Waals surface area contributed by atoms with E-state index in [-0.39, 0.29) is 0 Å². The lowest BCUT2D eigenvalue weighted by Gasteiger charge is -2.21. The molecule has 29 heavy (non-hydrogen) atoms. The van der Waals surface area contributed by atoms with Crippen LogP contribution in [0.4, 0.5) is 26.6 Å². The van der Waals surface area contributed by atoms with Crippen molar-refractivity contribution in [2.24, 2.45) is 10.2 Å². The lowest BCUT2D eigenvalue weighted by molar-refractivity contribution is -0.384. The van der Waals surface area contributed by atoms with E-state index in [4.69, 9.17) is 0 Å². The van der Waals surface area contributed by atoms with Crippen LogP contribution in [0.1, 0.15) is 25.0 Å². The summed E-state index contributed by atoms with van der Waals surface area (Å²) < 4.78 is 35.4. The molecule has 0 radical (unpaired) electrons. The molecule has 0 N–H and O–H groups in total. The Bertz CT molecular complexity index is 1120. The second-order valence-electron chi connectivity index (χ2n) is 5.99. The smallest absolute Gasteiger partial charge is 0.332 e. The SMILES string of the molecule is CCN(CC)c1ccc(N=Nc2c(C#N)cc(S(=O)(=O)F)cc2[N+](=O)[O-])c(C)c1. The predicted octanol–water partition coefficient (Wildman–Crippen LogP) is 4.69. The largest absolute Gasteiger partial charge is 0.372 e. The van der Waals surface area contributed by atoms with Crippen molar-refractivity contribution >= 4 is 33.0 Å². The summed E-state index contributed by atoms with van der Waals surface area (Å²) in [7, 11) is -5.23. The molecule has 152 valence electrons. The summed E-state index contributed by atoms with van der Waals surface area (Å²) in [5.41, 5.74) is 0.395. The van der Waals surface area contributed by atoms with Crippen molar-refractivity contribution in [1.82, 2.24) is 0 Å². The van der Waals surface area contributed by atoms with Crippen LogP contribution in [-0.4, -0.2) is 26.4 Å². The van der Waals surface area contributed by atoms with Crippen LogP contribution in [-0.2, 0) is 10.2 Å². The molecule has 0 unspecified atom stereocenters. The zero-order valence-corrected chi connectivity index (χ0v) is 16.8. The topological polar surface area (TPSA) is 129 Å². The van der Waals surface area contributed by atoms with Crippen molar-refractivity contribution in [2.45, 2.75) is 25.7 Å². The highest BCUT2D eigenvalue weighted by molar-refractivity contribution is 7.86. The average molecular weight is 419 g/mol. The third-order valence-electron chi connectivity index (χ3n) is 4.23. The Morgan fingerprint density at radius 1 is 1.21 bits per heavy atom. The molecule has 0 aliphatic heterocycles. The van der Waals surface area contributed by atoms with Gasteiger partial charge in [0.05, 0.1) is 16.2 Å². The van der Waals surface area contributed by atoms with Gasteiger partial charge >= 0.3 is 10.2 Å². The number of nitro groups is 1. The molecule has 0 aliphatic rings. The quantitative estimate of drug-likeness (QED) is 0.277. The maximum atomic E-state index is 13.3. The predicted molar refractivity (Wildman–Crippen MR) is 105 cm³/mol. The number of azo groups is 1. The van der Waals surface area contributed by atoms with Crippen LogP contribution in [0.15, 0.2) is 45.5 Å². The first kappa shape index (κ1) is 21.9. The molecular formula is C18H18FN5O4S. The Hall–Kier alpha value is -3.39. The van der Waals surface area contributed by atoms with Crippen LogP contribution in [0, 0.1) is 28.4 Å². The van der Waals surface area contributed by atoms with Gasteiger partial charge in [-0.15, -0.1) is 14.1 Å². The number of rotatable bonds is 7. The van der Waals surface area contributed by atoms with Crippen LogP contribution in [0.2, 0.25) is 0 Å². The molecule has 2 aromatic rings. The van der Waals surface area contributed by atoms with Gasteiger partial charge in [-0.3, -0.25) is 10.1 Å². The molecular weight excluding hydrogens is 401 g/mol. The fraction of sp³-hybridized carbons (Fsp3) is 0.278. The highest BCUT2D eigenvalue weighted by atomic mass is 32.3. The normalized spacial score (nSPS) is 11.4. The molecule has 0 spiro atoms. The first-order chi connectivity index (χ1) is 13.6. The third-order valence-corrected chi connectivity index (χ3v) is 5.03. The fourth-order valence-corrected chi connectivity index (χ4v) is 3.22. The summed E-state index contributed by atoms with van der Waals surface area (Å²) in [5.74, 6) is 0. The number of hydrogen-bond acceptors (Lipinski definition) is 8. The minimum absolute atomic E-state index is 0.418. The highest BCUT2D eigenvalue weighted by Gasteiger charge is 2.25. The molecule has 0 aromatic heterocycles. The van der Waals surface area contributed by atoms with E-state index in [9.17, 15) is 27.7 Å². The Labute approximate surface area is 167 Å². The third kappa shape index (κ3) is 4.91. The van der Waals surface area contributed by atoms with Crippen LogP contribution >= 0.6 is 0 Å². The number of nitro benzene ring substituents is 1. The Balaban J connectivity index is 2.55. The molecule has 0 amide bonds. The number of benzene rings is 2. The van der Waals surface area contributed by atoms with Gasteiger partial charge in [-0.2, -0.15) is 13.7 Å². The Morgan fingerprint density at radius 2 is 1.86 bits per heavy atom. The van der Waals surface area contributed by atoms with Crippen molar-refractivity contribution in [3.05, 3.63) is 51.6 Å². The van der Waals surface area contributed by atoms with Crippen LogP contribution in [0.3, 0.4) is 0 Å². The summed E-state index contributed by atoms with van der Waals surface area (Å²) in [6.45, 7) is 7.48. The standard InChI is InChI=1S/C18H18FN5O4S/c1-4-23(5-2)14-6-7-16(12(3)8-14)21-22-18-13(11-20)9-15(29(19,27)28)10-17(18)24(25)26/h6-10H,4-5H2,1-3H3. The van der Waals surface area contributed by atoms with E-state index >= 15 is 0 Å². The molecule has 0 saturated carbocycles. The number of aryl methyl sites for hydroxylation is 1. The van der Waals surface area contributed by atoms with Crippen LogP contribution < -0.4 is 4.90 Å². The zero-order chi connectivity index (χ0) is 21.8. The van der Waals surface area contributed by atoms with Gasteiger partial charge in [0.25, 0.3) is 5.69 Å². The second-order valence-corrected chi connectivity index (χ2v) is 7.34. The van der Waals surface area contributed by atoms with E-state index in [1.807, 2.05) is 26.0 Å². The van der Waals surface area contributed by atoms with Crippen molar-refractivity contribution in [1.29, 1.82) is 5.26 Å². The lowest BCUT2D eigenvalue weighted by atomic mass is 10.1. The number of hydrogen-bond donors (Lipinski definition) is 0. The summed E-state index contributed by atoms with van der Waals surface area (Å²) in [5, 5.41) is 28.3. The number of anilines is 1. The van der Waals surface area contributed by atoms with Gasteiger partial charge in [0.15, 0.2) is 5.69 Å². The molecule has 0 aliphatic carbocycles. The molecule has 0 heterocycles. The molecule has 0 saturated heterocycles. The Kier molecular flexibility index (Phi) is 6.60. The minimum Gasteiger partial charge on any atom is -0.372 e. The Morgan fingerprint density at radius 3 is 2.34 bits per heavy atom. The maximum Gasteiger partial charge on any atom is 0.332 e.